The lowest BCUT2D eigenvalue weighted by Crippen LogP contribution is -2.28. The van der Waals surface area contributed by atoms with E-state index in [0.29, 0.717) is 6.08 Å². The molecule has 0 N–H and O–H groups in total. The Morgan fingerprint density at radius 1 is 1.08 bits per heavy atom. The Morgan fingerprint density at radius 3 is 2.62 bits per heavy atom. The van der Waals surface area contributed by atoms with Crippen LogP contribution in [0.2, 0.25) is 0 Å². The number of ether oxygens (including phenoxy) is 1. The first kappa shape index (κ1) is 17.1. The molecule has 2 aromatic carbocycles. The van der Waals surface area contributed by atoms with Crippen molar-refractivity contribution >= 4 is 11.1 Å². The van der Waals surface area contributed by atoms with Gasteiger partial charge in [0.2, 0.25) is 0 Å². The summed E-state index contributed by atoms with van der Waals surface area (Å²) < 4.78 is 11.4. The van der Waals surface area contributed by atoms with Gasteiger partial charge in [-0.1, -0.05) is 31.2 Å². The second-order valence-electron chi connectivity index (χ2n) is 7.06. The van der Waals surface area contributed by atoms with Gasteiger partial charge in [0.1, 0.15) is 11.3 Å². The van der Waals surface area contributed by atoms with Crippen molar-refractivity contribution in [3.05, 3.63) is 54.1 Å². The number of benzene rings is 2. The fourth-order valence-corrected chi connectivity index (χ4v) is 3.41. The van der Waals surface area contributed by atoms with Gasteiger partial charge in [-0.2, -0.15) is 4.98 Å². The molecule has 26 heavy (non-hydrogen) atoms. The molecule has 136 valence electrons. The molecule has 1 saturated carbocycles. The molecule has 1 heterocycles. The van der Waals surface area contributed by atoms with E-state index in [0.717, 1.165) is 29.3 Å². The largest absolute Gasteiger partial charge is 0.411 e. The first-order valence-electron chi connectivity index (χ1n) is 9.68. The van der Waals surface area contributed by atoms with E-state index in [1.165, 1.54) is 44.3 Å². The van der Waals surface area contributed by atoms with Crippen LogP contribution in [0.15, 0.2) is 52.9 Å². The second-order valence-corrected chi connectivity index (χ2v) is 7.06. The highest BCUT2D eigenvalue weighted by atomic mass is 16.6. The summed E-state index contributed by atoms with van der Waals surface area (Å²) in [5, 5.41) is 0. The Bertz CT molecular complexity index is 804. The molecule has 0 bridgehead atoms. The molecule has 1 aliphatic carbocycles. The van der Waals surface area contributed by atoms with Crippen LogP contribution >= 0.6 is 0 Å². The number of aryl methyl sites for hydroxylation is 1. The zero-order valence-corrected chi connectivity index (χ0v) is 15.4. The number of para-hydroxylation sites is 2. The third-order valence-corrected chi connectivity index (χ3v) is 4.89. The van der Waals surface area contributed by atoms with E-state index in [1.54, 1.807) is 0 Å². The Morgan fingerprint density at radius 2 is 1.88 bits per heavy atom. The summed E-state index contributed by atoms with van der Waals surface area (Å²) in [7, 11) is 0. The molecule has 1 aromatic heterocycles. The average molecular weight is 350 g/mol. The number of oxazole rings is 1. The lowest BCUT2D eigenvalue weighted by molar-refractivity contribution is 0.261. The quantitative estimate of drug-likeness (QED) is 0.516. The minimum Gasteiger partial charge on any atom is -0.411 e. The van der Waals surface area contributed by atoms with Crippen LogP contribution in [-0.2, 0) is 6.42 Å². The van der Waals surface area contributed by atoms with Gasteiger partial charge < -0.3 is 14.1 Å². The summed E-state index contributed by atoms with van der Waals surface area (Å²) in [6, 6.07) is 16.8. The molecular weight excluding hydrogens is 324 g/mol. The predicted octanol–water partition coefficient (Wildman–Crippen LogP) is 5.43. The van der Waals surface area contributed by atoms with Crippen molar-refractivity contribution in [2.24, 2.45) is 0 Å². The zero-order valence-electron chi connectivity index (χ0n) is 15.4. The lowest BCUT2D eigenvalue weighted by atomic mass is 10.1. The fraction of sp³-hybridized carbons (Fsp3) is 0.409. The van der Waals surface area contributed by atoms with E-state index in [-0.39, 0.29) is 0 Å². The maximum atomic E-state index is 5.75. The number of hydrogen-bond donors (Lipinski definition) is 0. The van der Waals surface area contributed by atoms with Gasteiger partial charge in [-0.05, 0) is 75.0 Å². The molecule has 4 nitrogen and oxygen atoms in total. The van der Waals surface area contributed by atoms with Crippen molar-refractivity contribution < 1.29 is 9.15 Å². The SMILES string of the molecule is CCCN(CCCc1ccc(Oc2nc3ccccc3o2)cc1)C1CC1. The zero-order chi connectivity index (χ0) is 17.8. The molecular formula is C22H26N2O2. The minimum absolute atomic E-state index is 0.290. The normalized spacial score (nSPS) is 14.2. The van der Waals surface area contributed by atoms with E-state index in [1.807, 2.05) is 36.4 Å². The second kappa shape index (κ2) is 7.92. The molecule has 4 heteroatoms. The highest BCUT2D eigenvalue weighted by Gasteiger charge is 2.27. The third kappa shape index (κ3) is 4.25. The number of fused-ring (bicyclic) bond motifs is 1. The van der Waals surface area contributed by atoms with Crippen LogP contribution in [0.5, 0.6) is 11.8 Å². The standard InChI is InChI=1S/C22H26N2O2/c1-2-15-24(18-11-12-18)16-5-6-17-9-13-19(14-10-17)25-22-23-20-7-3-4-8-21(20)26-22/h3-4,7-10,13-14,18H,2,5-6,11-12,15-16H2,1H3. The number of nitrogens with zero attached hydrogens (tertiary/aromatic N) is 2. The van der Waals surface area contributed by atoms with E-state index in [2.05, 4.69) is 28.9 Å². The van der Waals surface area contributed by atoms with Crippen LogP contribution in [0.4, 0.5) is 0 Å². The summed E-state index contributed by atoms with van der Waals surface area (Å²) >= 11 is 0. The first-order chi connectivity index (χ1) is 12.8. The molecule has 4 rings (SSSR count). The van der Waals surface area contributed by atoms with Crippen LogP contribution in [0.1, 0.15) is 38.2 Å². The number of aromatic nitrogens is 1. The highest BCUT2D eigenvalue weighted by Crippen LogP contribution is 2.28. The van der Waals surface area contributed by atoms with Crippen LogP contribution in [0.25, 0.3) is 11.1 Å². The summed E-state index contributed by atoms with van der Waals surface area (Å²) in [4.78, 5) is 7.00. The maximum Gasteiger partial charge on any atom is 0.400 e. The summed E-state index contributed by atoms with van der Waals surface area (Å²) in [5.74, 6) is 0.755. The lowest BCUT2D eigenvalue weighted by Gasteiger charge is -2.20. The summed E-state index contributed by atoms with van der Waals surface area (Å²) in [6.45, 7) is 4.71. The highest BCUT2D eigenvalue weighted by molar-refractivity contribution is 5.72. The average Bonchev–Trinajstić information content (AvgIpc) is 3.42. The molecule has 0 unspecified atom stereocenters. The monoisotopic (exact) mass is 350 g/mol. The molecule has 0 atom stereocenters. The first-order valence-corrected chi connectivity index (χ1v) is 9.68. The molecule has 0 spiro atoms. The molecule has 0 saturated heterocycles. The van der Waals surface area contributed by atoms with Gasteiger partial charge >= 0.3 is 6.08 Å². The third-order valence-electron chi connectivity index (χ3n) is 4.89. The van der Waals surface area contributed by atoms with Crippen molar-refractivity contribution in [1.82, 2.24) is 9.88 Å². The van der Waals surface area contributed by atoms with Crippen LogP contribution in [0.3, 0.4) is 0 Å². The van der Waals surface area contributed by atoms with Gasteiger partial charge in [-0.25, -0.2) is 0 Å². The van der Waals surface area contributed by atoms with E-state index in [9.17, 15) is 0 Å². The maximum absolute atomic E-state index is 5.75. The molecule has 1 aliphatic rings. The molecule has 0 amide bonds. The Balaban J connectivity index is 1.30. The van der Waals surface area contributed by atoms with Gasteiger partial charge in [-0.15, -0.1) is 0 Å². The molecule has 1 fully saturated rings. The fourth-order valence-electron chi connectivity index (χ4n) is 3.41. The topological polar surface area (TPSA) is 38.5 Å². The summed E-state index contributed by atoms with van der Waals surface area (Å²) in [6.07, 6.45) is 6.64. The van der Waals surface area contributed by atoms with Gasteiger partial charge in [0.15, 0.2) is 5.58 Å². The van der Waals surface area contributed by atoms with Gasteiger partial charge in [0, 0.05) is 6.04 Å². The number of rotatable bonds is 9. The van der Waals surface area contributed by atoms with E-state index in [4.69, 9.17) is 9.15 Å². The molecule has 0 radical (unpaired) electrons. The Kier molecular flexibility index (Phi) is 5.21. The van der Waals surface area contributed by atoms with Gasteiger partial charge in [0.05, 0.1) is 0 Å². The van der Waals surface area contributed by atoms with E-state index >= 15 is 0 Å². The van der Waals surface area contributed by atoms with Crippen LogP contribution < -0.4 is 4.74 Å². The minimum atomic E-state index is 0.290. The van der Waals surface area contributed by atoms with Crippen molar-refractivity contribution in [2.75, 3.05) is 13.1 Å². The molecule has 3 aromatic rings. The predicted molar refractivity (Wildman–Crippen MR) is 104 cm³/mol. The van der Waals surface area contributed by atoms with Crippen molar-refractivity contribution in [3.63, 3.8) is 0 Å². The van der Waals surface area contributed by atoms with E-state index < -0.39 is 0 Å². The summed E-state index contributed by atoms with van der Waals surface area (Å²) in [5.41, 5.74) is 2.90. The van der Waals surface area contributed by atoms with Crippen LogP contribution in [-0.4, -0.2) is 29.0 Å². The van der Waals surface area contributed by atoms with Crippen molar-refractivity contribution in [2.45, 2.75) is 45.1 Å². The Labute approximate surface area is 154 Å². The van der Waals surface area contributed by atoms with Gasteiger partial charge in [0.25, 0.3) is 0 Å². The van der Waals surface area contributed by atoms with Crippen molar-refractivity contribution in [3.8, 4) is 11.8 Å². The smallest absolute Gasteiger partial charge is 0.400 e. The van der Waals surface area contributed by atoms with Crippen molar-refractivity contribution in [1.29, 1.82) is 0 Å². The van der Waals surface area contributed by atoms with Gasteiger partial charge in [-0.3, -0.25) is 0 Å². The van der Waals surface area contributed by atoms with Crippen LogP contribution in [0, 0.1) is 0 Å². The molecule has 0 aliphatic heterocycles. The number of hydrogen-bond acceptors (Lipinski definition) is 4. The Hall–Kier alpha value is -2.33.